The monoisotopic (exact) mass is 510 g/mol. The zero-order valence-electron chi connectivity index (χ0n) is 25.7. The predicted octanol–water partition coefficient (Wildman–Crippen LogP) is 9.57. The summed E-state index contributed by atoms with van der Waals surface area (Å²) in [5.74, 6) is 1.97. The summed E-state index contributed by atoms with van der Waals surface area (Å²) in [6.07, 6.45) is 3.17. The van der Waals surface area contributed by atoms with Crippen LogP contribution in [-0.4, -0.2) is 11.1 Å². The number of benzene rings is 2. The molecule has 1 aliphatic rings. The Labute approximate surface area is 228 Å². The van der Waals surface area contributed by atoms with Crippen molar-refractivity contribution in [1.29, 1.82) is 0 Å². The van der Waals surface area contributed by atoms with Gasteiger partial charge in [-0.2, -0.15) is 0 Å². The predicted molar refractivity (Wildman–Crippen MR) is 158 cm³/mol. The van der Waals surface area contributed by atoms with Gasteiger partial charge in [-0.25, -0.2) is 0 Å². The van der Waals surface area contributed by atoms with Crippen molar-refractivity contribution < 1.29 is 14.6 Å². The minimum absolute atomic E-state index is 0.0663. The molecule has 1 unspecified atom stereocenters. The lowest BCUT2D eigenvalue weighted by Crippen LogP contribution is -2.31. The van der Waals surface area contributed by atoms with Gasteiger partial charge in [0.15, 0.2) is 0 Å². The first kappa shape index (κ1) is 32.7. The molecule has 208 valence electrons. The van der Waals surface area contributed by atoms with Gasteiger partial charge in [0.25, 0.3) is 0 Å². The van der Waals surface area contributed by atoms with E-state index in [-0.39, 0.29) is 16.8 Å². The Bertz CT molecular complexity index is 941. The average Bonchev–Trinajstić information content (AvgIpc) is 3.32. The Hall–Kier alpha value is -2.29. The molecule has 0 heterocycles. The van der Waals surface area contributed by atoms with E-state index in [1.54, 1.807) is 12.1 Å². The van der Waals surface area contributed by atoms with Gasteiger partial charge in [0.05, 0.1) is 5.41 Å². The number of hydrogen-bond acceptors (Lipinski definition) is 3. The smallest absolute Gasteiger partial charge is 0.313 e. The van der Waals surface area contributed by atoms with Crippen LogP contribution in [0.4, 0.5) is 0 Å². The van der Waals surface area contributed by atoms with Crippen LogP contribution in [0.1, 0.15) is 107 Å². The summed E-state index contributed by atoms with van der Waals surface area (Å²) in [4.78, 5) is 12.3. The molecule has 0 amide bonds. The maximum absolute atomic E-state index is 12.3. The molecule has 2 aromatic carbocycles. The van der Waals surface area contributed by atoms with Crippen molar-refractivity contribution in [3.8, 4) is 5.75 Å². The normalized spacial score (nSPS) is 18.3. The molecular formula is C34H54O3. The lowest BCUT2D eigenvalue weighted by molar-refractivity contribution is -0.165. The SMILES string of the molecule is CC(C)(C)CCc1ccc(O)cc1.CC(C)(OC(=O)C1(C)CC1(C)C)c1ccccc1.CC(C)C(C)C. The summed E-state index contributed by atoms with van der Waals surface area (Å²) in [5, 5.41) is 9.08. The van der Waals surface area contributed by atoms with Crippen LogP contribution >= 0.6 is 0 Å². The molecule has 0 bridgehead atoms. The van der Waals surface area contributed by atoms with Gasteiger partial charge in [-0.15, -0.1) is 0 Å². The molecule has 0 radical (unpaired) electrons. The Balaban J connectivity index is 0.000000315. The summed E-state index contributed by atoms with van der Waals surface area (Å²) in [6.45, 7) is 25.8. The fraction of sp³-hybridized carbons (Fsp3) is 0.618. The molecule has 2 aromatic rings. The number of esters is 1. The molecule has 0 aromatic heterocycles. The molecule has 1 fully saturated rings. The minimum Gasteiger partial charge on any atom is -0.508 e. The van der Waals surface area contributed by atoms with Crippen LogP contribution in [0.3, 0.4) is 0 Å². The van der Waals surface area contributed by atoms with Crippen molar-refractivity contribution in [2.75, 3.05) is 0 Å². The number of aryl methyl sites for hydroxylation is 1. The number of ether oxygens (including phenoxy) is 1. The lowest BCUT2D eigenvalue weighted by atomic mass is 9.89. The van der Waals surface area contributed by atoms with Crippen molar-refractivity contribution in [2.24, 2.45) is 28.1 Å². The summed E-state index contributed by atoms with van der Waals surface area (Å²) >= 11 is 0. The topological polar surface area (TPSA) is 46.5 Å². The van der Waals surface area contributed by atoms with Crippen molar-refractivity contribution in [3.05, 3.63) is 65.7 Å². The van der Waals surface area contributed by atoms with Crippen LogP contribution in [0.2, 0.25) is 0 Å². The molecular weight excluding hydrogens is 456 g/mol. The third-order valence-corrected chi connectivity index (χ3v) is 7.86. The fourth-order valence-electron chi connectivity index (χ4n) is 3.61. The maximum Gasteiger partial charge on any atom is 0.313 e. The molecule has 0 saturated heterocycles. The van der Waals surface area contributed by atoms with Gasteiger partial charge in [0.2, 0.25) is 0 Å². The summed E-state index contributed by atoms with van der Waals surface area (Å²) in [5.41, 5.74) is 1.89. The first-order valence-corrected chi connectivity index (χ1v) is 13.9. The Morgan fingerprint density at radius 2 is 1.32 bits per heavy atom. The number of hydrogen-bond donors (Lipinski definition) is 1. The second-order valence-corrected chi connectivity index (χ2v) is 13.9. The molecule has 3 heteroatoms. The molecule has 3 rings (SSSR count). The summed E-state index contributed by atoms with van der Waals surface area (Å²) in [6, 6.07) is 17.4. The summed E-state index contributed by atoms with van der Waals surface area (Å²) in [7, 11) is 0. The molecule has 1 aliphatic carbocycles. The van der Waals surface area contributed by atoms with E-state index >= 15 is 0 Å². The van der Waals surface area contributed by atoms with Crippen LogP contribution in [0.5, 0.6) is 5.75 Å². The molecule has 1 N–H and O–H groups in total. The largest absolute Gasteiger partial charge is 0.508 e. The van der Waals surface area contributed by atoms with Crippen LogP contribution < -0.4 is 0 Å². The number of rotatable bonds is 6. The van der Waals surface area contributed by atoms with Crippen LogP contribution in [0.25, 0.3) is 0 Å². The third-order valence-electron chi connectivity index (χ3n) is 7.86. The van der Waals surface area contributed by atoms with Gasteiger partial charge < -0.3 is 9.84 Å². The van der Waals surface area contributed by atoms with E-state index in [4.69, 9.17) is 9.84 Å². The zero-order valence-corrected chi connectivity index (χ0v) is 25.7. The average molecular weight is 511 g/mol. The minimum atomic E-state index is -0.569. The van der Waals surface area contributed by atoms with E-state index in [2.05, 4.69) is 62.3 Å². The van der Waals surface area contributed by atoms with Crippen molar-refractivity contribution in [1.82, 2.24) is 0 Å². The molecule has 1 atom stereocenters. The molecule has 3 nitrogen and oxygen atoms in total. The Morgan fingerprint density at radius 3 is 1.70 bits per heavy atom. The number of carbonyl (C=O) groups is 1. The van der Waals surface area contributed by atoms with Crippen molar-refractivity contribution in [2.45, 2.75) is 108 Å². The lowest BCUT2D eigenvalue weighted by Gasteiger charge is -2.28. The van der Waals surface area contributed by atoms with Gasteiger partial charge in [0.1, 0.15) is 11.4 Å². The second kappa shape index (κ2) is 13.0. The highest BCUT2D eigenvalue weighted by Crippen LogP contribution is 2.64. The zero-order chi connectivity index (χ0) is 28.7. The third kappa shape index (κ3) is 10.9. The van der Waals surface area contributed by atoms with E-state index in [1.807, 2.05) is 63.2 Å². The number of aromatic hydroxyl groups is 1. The molecule has 0 aliphatic heterocycles. The highest BCUT2D eigenvalue weighted by molar-refractivity contribution is 5.81. The van der Waals surface area contributed by atoms with Crippen LogP contribution in [0.15, 0.2) is 54.6 Å². The molecule has 37 heavy (non-hydrogen) atoms. The van der Waals surface area contributed by atoms with Gasteiger partial charge in [-0.05, 0) is 86.0 Å². The van der Waals surface area contributed by atoms with Crippen LogP contribution in [-0.2, 0) is 21.6 Å². The number of phenolic OH excluding ortho intramolecular Hbond substituents is 1. The first-order valence-electron chi connectivity index (χ1n) is 13.9. The van der Waals surface area contributed by atoms with E-state index in [1.165, 1.54) is 12.0 Å². The van der Waals surface area contributed by atoms with Gasteiger partial charge in [0, 0.05) is 0 Å². The molecule has 0 spiro atoms. The highest BCUT2D eigenvalue weighted by atomic mass is 16.6. The number of carbonyl (C=O) groups excluding carboxylic acids is 1. The van der Waals surface area contributed by atoms with E-state index in [0.717, 1.165) is 30.2 Å². The van der Waals surface area contributed by atoms with E-state index in [0.29, 0.717) is 11.2 Å². The Kier molecular flexibility index (Phi) is 11.5. The van der Waals surface area contributed by atoms with Gasteiger partial charge >= 0.3 is 5.97 Å². The maximum atomic E-state index is 12.3. The quantitative estimate of drug-likeness (QED) is 0.393. The molecule has 1 saturated carbocycles. The van der Waals surface area contributed by atoms with E-state index < -0.39 is 5.60 Å². The highest BCUT2D eigenvalue weighted by Gasteiger charge is 2.64. The fourth-order valence-corrected chi connectivity index (χ4v) is 3.61. The van der Waals surface area contributed by atoms with Crippen LogP contribution in [0, 0.1) is 28.1 Å². The van der Waals surface area contributed by atoms with Crippen molar-refractivity contribution in [3.63, 3.8) is 0 Å². The first-order chi connectivity index (χ1) is 16.8. The Morgan fingerprint density at radius 1 is 0.865 bits per heavy atom. The van der Waals surface area contributed by atoms with Crippen molar-refractivity contribution >= 4 is 5.97 Å². The summed E-state index contributed by atoms with van der Waals surface area (Å²) < 4.78 is 5.75. The second-order valence-electron chi connectivity index (χ2n) is 13.9. The van der Waals surface area contributed by atoms with E-state index in [9.17, 15) is 4.79 Å². The van der Waals surface area contributed by atoms with Gasteiger partial charge in [-0.3, -0.25) is 4.79 Å². The van der Waals surface area contributed by atoms with Gasteiger partial charge in [-0.1, -0.05) is 105 Å². The standard InChI is InChI=1S/C16H22O2.C12H18O.C6H14/c1-14(2)11-16(14,5)13(17)18-15(3,4)12-9-7-6-8-10-12;1-12(2,3)9-8-10-4-6-11(13)7-5-10;1-5(2)6(3)4/h6-10H,11H2,1-5H3;4-7,13H,8-9H2,1-3H3;5-6H,1-4H3. The number of phenols is 1.